The fourth-order valence-electron chi connectivity index (χ4n) is 1.52. The Balaban J connectivity index is 3.11. The largest absolute Gasteiger partial charge is 0.352 e. The Morgan fingerprint density at radius 2 is 1.95 bits per heavy atom. The van der Waals surface area contributed by atoms with E-state index in [9.17, 15) is 18.0 Å². The van der Waals surface area contributed by atoms with E-state index in [1.165, 1.54) is 26.4 Å². The summed E-state index contributed by atoms with van der Waals surface area (Å²) < 4.78 is 26.1. The zero-order chi connectivity index (χ0) is 15.5. The number of hydrogen-bond donors (Lipinski definition) is 1. The van der Waals surface area contributed by atoms with Crippen LogP contribution in [0.1, 0.15) is 13.8 Å². The predicted octanol–water partition coefficient (Wildman–Crippen LogP) is -0.377. The van der Waals surface area contributed by atoms with Crippen LogP contribution >= 0.6 is 0 Å². The summed E-state index contributed by atoms with van der Waals surface area (Å²) in [6.07, 6.45) is 1.18. The second-order valence-corrected chi connectivity index (χ2v) is 6.99. The van der Waals surface area contributed by atoms with Gasteiger partial charge < -0.3 is 9.88 Å². The number of amides is 1. The molecule has 1 rings (SSSR count). The molecule has 0 spiro atoms. The Labute approximate surface area is 118 Å². The summed E-state index contributed by atoms with van der Waals surface area (Å²) in [6, 6.07) is 2.32. The van der Waals surface area contributed by atoms with Crippen molar-refractivity contribution in [2.45, 2.75) is 31.3 Å². The number of pyridine rings is 1. The first kappa shape index (κ1) is 16.4. The topological polar surface area (TPSA) is 88.5 Å². The molecule has 0 fully saturated rings. The summed E-state index contributed by atoms with van der Waals surface area (Å²) in [4.78, 5) is 23.3. The molecule has 1 amide bonds. The number of carbonyl (C=O) groups excluding carboxylic acids is 1. The minimum atomic E-state index is -3.63. The minimum absolute atomic E-state index is 0.0283. The molecule has 1 aromatic heterocycles. The van der Waals surface area contributed by atoms with E-state index in [2.05, 4.69) is 5.32 Å². The van der Waals surface area contributed by atoms with Gasteiger partial charge in [-0.05, 0) is 19.9 Å². The van der Waals surface area contributed by atoms with Crippen LogP contribution in [0.3, 0.4) is 0 Å². The zero-order valence-electron chi connectivity index (χ0n) is 12.0. The van der Waals surface area contributed by atoms with Gasteiger partial charge in [-0.2, -0.15) is 0 Å². The van der Waals surface area contributed by atoms with E-state index >= 15 is 0 Å². The van der Waals surface area contributed by atoms with Crippen LogP contribution in [0, 0.1) is 0 Å². The van der Waals surface area contributed by atoms with Crippen molar-refractivity contribution in [3.63, 3.8) is 0 Å². The van der Waals surface area contributed by atoms with Gasteiger partial charge in [0.05, 0.1) is 4.90 Å². The van der Waals surface area contributed by atoms with Gasteiger partial charge in [0.15, 0.2) is 0 Å². The van der Waals surface area contributed by atoms with Gasteiger partial charge in [-0.1, -0.05) is 0 Å². The second kappa shape index (κ2) is 6.19. The average molecular weight is 301 g/mol. The van der Waals surface area contributed by atoms with Gasteiger partial charge in [0, 0.05) is 32.4 Å². The van der Waals surface area contributed by atoms with Crippen LogP contribution in [-0.2, 0) is 21.4 Å². The lowest BCUT2D eigenvalue weighted by molar-refractivity contribution is -0.122. The highest BCUT2D eigenvalue weighted by Gasteiger charge is 2.18. The van der Waals surface area contributed by atoms with E-state index in [4.69, 9.17) is 0 Å². The Hall–Kier alpha value is -1.67. The molecular weight excluding hydrogens is 282 g/mol. The van der Waals surface area contributed by atoms with Crippen molar-refractivity contribution in [1.29, 1.82) is 0 Å². The van der Waals surface area contributed by atoms with Crippen LogP contribution in [0.2, 0.25) is 0 Å². The molecule has 112 valence electrons. The molecule has 0 aromatic carbocycles. The van der Waals surface area contributed by atoms with Crippen LogP contribution in [0.4, 0.5) is 0 Å². The third kappa shape index (κ3) is 3.91. The number of rotatable bonds is 5. The SMILES string of the molecule is CC(C)NC(=O)Cn1cc(S(=O)(=O)N(C)C)ccc1=O. The summed E-state index contributed by atoms with van der Waals surface area (Å²) >= 11 is 0. The van der Waals surface area contributed by atoms with Crippen LogP contribution in [0.5, 0.6) is 0 Å². The maximum absolute atomic E-state index is 12.0. The number of aromatic nitrogens is 1. The predicted molar refractivity (Wildman–Crippen MR) is 74.9 cm³/mol. The smallest absolute Gasteiger partial charge is 0.251 e. The van der Waals surface area contributed by atoms with Crippen molar-refractivity contribution < 1.29 is 13.2 Å². The lowest BCUT2D eigenvalue weighted by Gasteiger charge is -2.13. The lowest BCUT2D eigenvalue weighted by Crippen LogP contribution is -2.36. The van der Waals surface area contributed by atoms with Gasteiger partial charge in [-0.3, -0.25) is 9.59 Å². The fourth-order valence-corrected chi connectivity index (χ4v) is 2.44. The highest BCUT2D eigenvalue weighted by atomic mass is 32.2. The highest BCUT2D eigenvalue weighted by Crippen LogP contribution is 2.10. The second-order valence-electron chi connectivity index (χ2n) is 4.84. The molecule has 1 N–H and O–H groups in total. The van der Waals surface area contributed by atoms with Crippen molar-refractivity contribution in [3.05, 3.63) is 28.7 Å². The number of sulfonamides is 1. The highest BCUT2D eigenvalue weighted by molar-refractivity contribution is 7.89. The minimum Gasteiger partial charge on any atom is -0.352 e. The molecule has 0 saturated carbocycles. The Bertz CT molecular complexity index is 647. The van der Waals surface area contributed by atoms with Gasteiger partial charge in [-0.15, -0.1) is 0 Å². The van der Waals surface area contributed by atoms with Crippen LogP contribution < -0.4 is 10.9 Å². The first-order valence-electron chi connectivity index (χ1n) is 6.07. The average Bonchev–Trinajstić information content (AvgIpc) is 2.30. The van der Waals surface area contributed by atoms with Crippen LogP contribution in [0.25, 0.3) is 0 Å². The standard InChI is InChI=1S/C12H19N3O4S/c1-9(2)13-11(16)8-15-7-10(5-6-12(15)17)20(18,19)14(3)4/h5-7,9H,8H2,1-4H3,(H,13,16). The van der Waals surface area contributed by atoms with Crippen molar-refractivity contribution >= 4 is 15.9 Å². The summed E-state index contributed by atoms with van der Waals surface area (Å²) in [5, 5.41) is 2.64. The molecule has 20 heavy (non-hydrogen) atoms. The molecule has 0 bridgehead atoms. The molecule has 0 aliphatic carbocycles. The monoisotopic (exact) mass is 301 g/mol. The first-order chi connectivity index (χ1) is 9.14. The summed E-state index contributed by atoms with van der Waals surface area (Å²) in [5.74, 6) is -0.346. The normalized spacial score (nSPS) is 11.9. The van der Waals surface area contributed by atoms with Gasteiger partial charge in [-0.25, -0.2) is 12.7 Å². The van der Waals surface area contributed by atoms with E-state index in [-0.39, 0.29) is 23.4 Å². The van der Waals surface area contributed by atoms with Gasteiger partial charge >= 0.3 is 0 Å². The van der Waals surface area contributed by atoms with Gasteiger partial charge in [0.2, 0.25) is 15.9 Å². The maximum Gasteiger partial charge on any atom is 0.251 e. The van der Waals surface area contributed by atoms with E-state index in [1.54, 1.807) is 13.8 Å². The summed E-state index contributed by atoms with van der Waals surface area (Å²) in [6.45, 7) is 3.38. The third-order valence-corrected chi connectivity index (χ3v) is 4.30. The van der Waals surface area contributed by atoms with Crippen LogP contribution in [0.15, 0.2) is 28.0 Å². The molecular formula is C12H19N3O4S. The number of carbonyl (C=O) groups is 1. The number of nitrogens with one attached hydrogen (secondary N) is 1. The Morgan fingerprint density at radius 1 is 1.35 bits per heavy atom. The Kier molecular flexibility index (Phi) is 5.07. The van der Waals surface area contributed by atoms with E-state index < -0.39 is 15.6 Å². The maximum atomic E-state index is 12.0. The number of nitrogens with zero attached hydrogens (tertiary/aromatic N) is 2. The van der Waals surface area contributed by atoms with E-state index in [0.717, 1.165) is 14.9 Å². The molecule has 0 unspecified atom stereocenters. The summed E-state index contributed by atoms with van der Waals surface area (Å²) in [5.41, 5.74) is -0.429. The van der Waals surface area contributed by atoms with Crippen molar-refractivity contribution in [2.75, 3.05) is 14.1 Å². The van der Waals surface area contributed by atoms with Crippen molar-refractivity contribution in [2.24, 2.45) is 0 Å². The molecule has 0 radical (unpaired) electrons. The third-order valence-electron chi connectivity index (χ3n) is 2.50. The molecule has 7 nitrogen and oxygen atoms in total. The molecule has 8 heteroatoms. The van der Waals surface area contributed by atoms with Gasteiger partial charge in [0.25, 0.3) is 5.56 Å². The summed E-state index contributed by atoms with van der Waals surface area (Å²) in [7, 11) is -0.835. The molecule has 0 aliphatic rings. The van der Waals surface area contributed by atoms with Crippen molar-refractivity contribution in [3.8, 4) is 0 Å². The molecule has 0 atom stereocenters. The van der Waals surface area contributed by atoms with Crippen molar-refractivity contribution in [1.82, 2.24) is 14.2 Å². The molecule has 1 aromatic rings. The Morgan fingerprint density at radius 3 is 2.45 bits per heavy atom. The molecule has 1 heterocycles. The van der Waals surface area contributed by atoms with Gasteiger partial charge in [0.1, 0.15) is 6.54 Å². The fraction of sp³-hybridized carbons (Fsp3) is 0.500. The van der Waals surface area contributed by atoms with E-state index in [1.807, 2.05) is 0 Å². The van der Waals surface area contributed by atoms with E-state index in [0.29, 0.717) is 0 Å². The first-order valence-corrected chi connectivity index (χ1v) is 7.51. The van der Waals surface area contributed by atoms with Crippen LogP contribution in [-0.4, -0.2) is 43.3 Å². The lowest BCUT2D eigenvalue weighted by atomic mass is 10.4. The zero-order valence-corrected chi connectivity index (χ0v) is 12.8. The number of hydrogen-bond acceptors (Lipinski definition) is 4. The quantitative estimate of drug-likeness (QED) is 0.803. The molecule has 0 saturated heterocycles. The molecule has 0 aliphatic heterocycles.